The number of hydrogen-bond acceptors (Lipinski definition) is 1. The van der Waals surface area contributed by atoms with Crippen molar-refractivity contribution in [2.24, 2.45) is 0 Å². The molecule has 0 bridgehead atoms. The zero-order valence-corrected chi connectivity index (χ0v) is 11.6. The van der Waals surface area contributed by atoms with E-state index < -0.39 is 0 Å². The number of unbranched alkanes of at least 4 members (excludes halogenated alkanes) is 4. The Balaban J connectivity index is 2.21. The average molecular weight is 233 g/mol. The smallest absolute Gasteiger partial charge is 0.0294 e. The molecule has 1 atom stereocenters. The second kappa shape index (κ2) is 8.30. The zero-order valence-electron chi connectivity index (χ0n) is 11.6. The van der Waals surface area contributed by atoms with Gasteiger partial charge < -0.3 is 5.32 Å². The van der Waals surface area contributed by atoms with Crippen LogP contribution in [0, 0.1) is 6.92 Å². The van der Waals surface area contributed by atoms with E-state index in [4.69, 9.17) is 0 Å². The Morgan fingerprint density at radius 3 is 2.47 bits per heavy atom. The van der Waals surface area contributed by atoms with E-state index in [1.54, 1.807) is 0 Å². The quantitative estimate of drug-likeness (QED) is 0.646. The van der Waals surface area contributed by atoms with Gasteiger partial charge in [-0.15, -0.1) is 0 Å². The van der Waals surface area contributed by atoms with Crippen LogP contribution in [0.5, 0.6) is 0 Å². The van der Waals surface area contributed by atoms with Gasteiger partial charge in [0.15, 0.2) is 0 Å². The molecule has 0 amide bonds. The Kier molecular flexibility index (Phi) is 6.95. The summed E-state index contributed by atoms with van der Waals surface area (Å²) >= 11 is 0. The molecule has 1 aromatic carbocycles. The SMILES string of the molecule is CCCCCCCN[C@H](C)c1ccccc1C. The van der Waals surface area contributed by atoms with Gasteiger partial charge in [-0.3, -0.25) is 0 Å². The lowest BCUT2D eigenvalue weighted by atomic mass is 10.0. The van der Waals surface area contributed by atoms with Gasteiger partial charge in [-0.05, 0) is 37.9 Å². The number of rotatable bonds is 8. The molecular formula is C16H27N. The first kappa shape index (κ1) is 14.2. The highest BCUT2D eigenvalue weighted by Crippen LogP contribution is 2.16. The molecule has 0 radical (unpaired) electrons. The van der Waals surface area contributed by atoms with Gasteiger partial charge >= 0.3 is 0 Å². The third-order valence-electron chi connectivity index (χ3n) is 3.39. The van der Waals surface area contributed by atoms with Crippen molar-refractivity contribution in [1.29, 1.82) is 0 Å². The first-order valence-corrected chi connectivity index (χ1v) is 7.04. The maximum absolute atomic E-state index is 3.62. The minimum atomic E-state index is 0.474. The normalized spacial score (nSPS) is 12.6. The molecule has 17 heavy (non-hydrogen) atoms. The molecule has 0 aliphatic heterocycles. The Morgan fingerprint density at radius 1 is 1.06 bits per heavy atom. The predicted molar refractivity (Wildman–Crippen MR) is 76.4 cm³/mol. The largest absolute Gasteiger partial charge is 0.310 e. The van der Waals surface area contributed by atoms with Crippen LogP contribution in [0.3, 0.4) is 0 Å². The number of hydrogen-bond donors (Lipinski definition) is 1. The predicted octanol–water partition coefficient (Wildman–Crippen LogP) is 4.62. The molecule has 0 fully saturated rings. The van der Waals surface area contributed by atoms with Crippen LogP contribution in [0.2, 0.25) is 0 Å². The van der Waals surface area contributed by atoms with Crippen molar-refractivity contribution >= 4 is 0 Å². The lowest BCUT2D eigenvalue weighted by Gasteiger charge is -2.16. The van der Waals surface area contributed by atoms with Crippen molar-refractivity contribution < 1.29 is 0 Å². The molecule has 0 unspecified atom stereocenters. The monoisotopic (exact) mass is 233 g/mol. The molecule has 1 heteroatoms. The first-order chi connectivity index (χ1) is 8.25. The Hall–Kier alpha value is -0.820. The van der Waals surface area contributed by atoms with Crippen LogP contribution in [0.4, 0.5) is 0 Å². The van der Waals surface area contributed by atoms with E-state index in [9.17, 15) is 0 Å². The van der Waals surface area contributed by atoms with Crippen molar-refractivity contribution in [3.8, 4) is 0 Å². The highest BCUT2D eigenvalue weighted by atomic mass is 14.9. The molecule has 1 rings (SSSR count). The molecule has 1 aromatic rings. The second-order valence-corrected chi connectivity index (χ2v) is 4.95. The van der Waals surface area contributed by atoms with Gasteiger partial charge in [-0.1, -0.05) is 56.9 Å². The van der Waals surface area contributed by atoms with Crippen LogP contribution >= 0.6 is 0 Å². The molecule has 1 N–H and O–H groups in total. The second-order valence-electron chi connectivity index (χ2n) is 4.95. The minimum Gasteiger partial charge on any atom is -0.310 e. The van der Waals surface area contributed by atoms with E-state index in [1.165, 1.54) is 43.2 Å². The van der Waals surface area contributed by atoms with Crippen LogP contribution in [0.15, 0.2) is 24.3 Å². The van der Waals surface area contributed by atoms with E-state index in [-0.39, 0.29) is 0 Å². The summed E-state index contributed by atoms with van der Waals surface area (Å²) in [6.45, 7) is 7.85. The van der Waals surface area contributed by atoms with Gasteiger partial charge in [-0.25, -0.2) is 0 Å². The van der Waals surface area contributed by atoms with E-state index >= 15 is 0 Å². The molecule has 0 heterocycles. The van der Waals surface area contributed by atoms with Gasteiger partial charge in [-0.2, -0.15) is 0 Å². The summed E-state index contributed by atoms with van der Waals surface area (Å²) in [5.41, 5.74) is 2.82. The Labute approximate surface area is 107 Å². The Morgan fingerprint density at radius 2 is 1.76 bits per heavy atom. The lowest BCUT2D eigenvalue weighted by Crippen LogP contribution is -2.20. The number of nitrogens with one attached hydrogen (secondary N) is 1. The van der Waals surface area contributed by atoms with Gasteiger partial charge in [0.25, 0.3) is 0 Å². The fourth-order valence-corrected chi connectivity index (χ4v) is 2.23. The molecule has 96 valence electrons. The van der Waals surface area contributed by atoms with Crippen LogP contribution < -0.4 is 5.32 Å². The summed E-state index contributed by atoms with van der Waals surface area (Å²) in [5.74, 6) is 0. The standard InChI is InChI=1S/C16H27N/c1-4-5-6-7-10-13-17-15(3)16-12-9-8-11-14(16)2/h8-9,11-12,15,17H,4-7,10,13H2,1-3H3/t15-/m1/s1. The molecular weight excluding hydrogens is 206 g/mol. The third kappa shape index (κ3) is 5.36. The van der Waals surface area contributed by atoms with Crippen LogP contribution in [0.1, 0.15) is 63.1 Å². The van der Waals surface area contributed by atoms with Crippen molar-refractivity contribution in [3.05, 3.63) is 35.4 Å². The van der Waals surface area contributed by atoms with Crippen molar-refractivity contribution in [2.45, 2.75) is 58.9 Å². The van der Waals surface area contributed by atoms with Crippen LogP contribution in [-0.2, 0) is 0 Å². The summed E-state index contributed by atoms with van der Waals surface area (Å²) < 4.78 is 0. The lowest BCUT2D eigenvalue weighted by molar-refractivity contribution is 0.530. The van der Waals surface area contributed by atoms with Gasteiger partial charge in [0.2, 0.25) is 0 Å². The fraction of sp³-hybridized carbons (Fsp3) is 0.625. The van der Waals surface area contributed by atoms with E-state index in [0.717, 1.165) is 6.54 Å². The van der Waals surface area contributed by atoms with Crippen molar-refractivity contribution in [2.75, 3.05) is 6.54 Å². The van der Waals surface area contributed by atoms with E-state index in [2.05, 4.69) is 50.4 Å². The van der Waals surface area contributed by atoms with Crippen molar-refractivity contribution in [3.63, 3.8) is 0 Å². The molecule has 0 aliphatic carbocycles. The van der Waals surface area contributed by atoms with Gasteiger partial charge in [0.05, 0.1) is 0 Å². The van der Waals surface area contributed by atoms with Crippen LogP contribution in [0.25, 0.3) is 0 Å². The summed E-state index contributed by atoms with van der Waals surface area (Å²) in [5, 5.41) is 3.62. The zero-order chi connectivity index (χ0) is 12.5. The summed E-state index contributed by atoms with van der Waals surface area (Å²) in [4.78, 5) is 0. The molecule has 0 spiro atoms. The fourth-order valence-electron chi connectivity index (χ4n) is 2.23. The molecule has 0 saturated carbocycles. The summed E-state index contributed by atoms with van der Waals surface area (Å²) in [6.07, 6.45) is 6.76. The van der Waals surface area contributed by atoms with E-state index in [0.29, 0.717) is 6.04 Å². The average Bonchev–Trinajstić information content (AvgIpc) is 2.34. The maximum Gasteiger partial charge on any atom is 0.0294 e. The van der Waals surface area contributed by atoms with Gasteiger partial charge in [0, 0.05) is 6.04 Å². The first-order valence-electron chi connectivity index (χ1n) is 7.04. The molecule has 0 aliphatic rings. The molecule has 0 saturated heterocycles. The third-order valence-corrected chi connectivity index (χ3v) is 3.39. The minimum absolute atomic E-state index is 0.474. The number of aryl methyl sites for hydroxylation is 1. The van der Waals surface area contributed by atoms with Crippen molar-refractivity contribution in [1.82, 2.24) is 5.32 Å². The molecule has 1 nitrogen and oxygen atoms in total. The Bertz CT molecular complexity index is 306. The summed E-state index contributed by atoms with van der Waals surface area (Å²) in [6, 6.07) is 9.12. The van der Waals surface area contributed by atoms with E-state index in [1.807, 2.05) is 0 Å². The molecule has 0 aromatic heterocycles. The number of benzene rings is 1. The van der Waals surface area contributed by atoms with Crippen LogP contribution in [-0.4, -0.2) is 6.54 Å². The highest BCUT2D eigenvalue weighted by molar-refractivity contribution is 5.28. The highest BCUT2D eigenvalue weighted by Gasteiger charge is 2.05. The topological polar surface area (TPSA) is 12.0 Å². The summed E-state index contributed by atoms with van der Waals surface area (Å²) in [7, 11) is 0. The maximum atomic E-state index is 3.62. The van der Waals surface area contributed by atoms with Gasteiger partial charge in [0.1, 0.15) is 0 Å².